The van der Waals surface area contributed by atoms with Crippen LogP contribution in [0.4, 0.5) is 8.78 Å². The van der Waals surface area contributed by atoms with Crippen molar-refractivity contribution in [3.05, 3.63) is 59.2 Å². The van der Waals surface area contributed by atoms with Crippen molar-refractivity contribution in [3.8, 4) is 17.2 Å². The van der Waals surface area contributed by atoms with Crippen molar-refractivity contribution in [1.82, 2.24) is 4.90 Å². The summed E-state index contributed by atoms with van der Waals surface area (Å²) < 4.78 is 40.8. The van der Waals surface area contributed by atoms with E-state index in [1.807, 2.05) is 6.92 Å². The molecular formula is C23H25F2NO5. The minimum Gasteiger partial charge on any atom is -0.490 e. The van der Waals surface area contributed by atoms with E-state index in [2.05, 4.69) is 4.74 Å². The second-order valence-electron chi connectivity index (χ2n) is 6.79. The second kappa shape index (κ2) is 11.1. The van der Waals surface area contributed by atoms with Crippen LogP contribution in [-0.2, 0) is 4.79 Å². The van der Waals surface area contributed by atoms with E-state index in [9.17, 15) is 18.4 Å². The number of benzene rings is 2. The number of carbonyl (C=O) groups is 2. The van der Waals surface area contributed by atoms with Crippen molar-refractivity contribution in [2.75, 3.05) is 27.3 Å². The van der Waals surface area contributed by atoms with Crippen molar-refractivity contribution in [2.45, 2.75) is 20.5 Å². The summed E-state index contributed by atoms with van der Waals surface area (Å²) in [6.07, 6.45) is 2.81. The Hall–Kier alpha value is -3.42. The van der Waals surface area contributed by atoms with Crippen molar-refractivity contribution in [3.63, 3.8) is 0 Å². The Morgan fingerprint density at radius 1 is 1.03 bits per heavy atom. The number of nitrogens with zero attached hydrogens (tertiary/aromatic N) is 1. The van der Waals surface area contributed by atoms with Gasteiger partial charge in [-0.3, -0.25) is 9.59 Å². The fourth-order valence-electron chi connectivity index (χ4n) is 2.58. The Morgan fingerprint density at radius 3 is 2.39 bits per heavy atom. The van der Waals surface area contributed by atoms with Gasteiger partial charge in [0.15, 0.2) is 23.9 Å². The summed E-state index contributed by atoms with van der Waals surface area (Å²) in [5.41, 5.74) is 1.42. The number of hydrogen-bond acceptors (Lipinski definition) is 5. The molecule has 1 amide bonds. The van der Waals surface area contributed by atoms with Crippen LogP contribution in [0.15, 0.2) is 42.5 Å². The molecule has 0 aromatic heterocycles. The van der Waals surface area contributed by atoms with Crippen LogP contribution in [-0.4, -0.2) is 50.5 Å². The molecule has 0 aliphatic heterocycles. The van der Waals surface area contributed by atoms with Gasteiger partial charge in [0.1, 0.15) is 5.75 Å². The summed E-state index contributed by atoms with van der Waals surface area (Å²) in [7, 11) is 3.26. The smallest absolute Gasteiger partial charge is 0.387 e. The number of ether oxygens (including phenoxy) is 3. The van der Waals surface area contributed by atoms with Crippen LogP contribution in [0.25, 0.3) is 6.08 Å². The quantitative estimate of drug-likeness (QED) is 0.412. The number of carbonyl (C=O) groups excluding carboxylic acids is 2. The Balaban J connectivity index is 2.22. The lowest BCUT2D eigenvalue weighted by atomic mass is 10.1. The predicted molar refractivity (Wildman–Crippen MR) is 113 cm³/mol. The molecule has 0 radical (unpaired) electrons. The molecule has 0 saturated heterocycles. The summed E-state index contributed by atoms with van der Waals surface area (Å²) in [6, 6.07) is 9.41. The molecule has 0 saturated carbocycles. The molecule has 0 spiro atoms. The van der Waals surface area contributed by atoms with Gasteiger partial charge in [0.05, 0.1) is 12.2 Å². The summed E-state index contributed by atoms with van der Waals surface area (Å²) in [5, 5.41) is 0. The maximum Gasteiger partial charge on any atom is 0.387 e. The summed E-state index contributed by atoms with van der Waals surface area (Å²) >= 11 is 0. The van der Waals surface area contributed by atoms with E-state index >= 15 is 0 Å². The number of alkyl halides is 2. The molecule has 2 rings (SSSR count). The Morgan fingerprint density at radius 2 is 1.74 bits per heavy atom. The summed E-state index contributed by atoms with van der Waals surface area (Å²) in [4.78, 5) is 25.7. The van der Waals surface area contributed by atoms with Crippen molar-refractivity contribution >= 4 is 17.8 Å². The van der Waals surface area contributed by atoms with Gasteiger partial charge < -0.3 is 19.1 Å². The van der Waals surface area contributed by atoms with E-state index in [0.717, 1.165) is 5.56 Å². The average Bonchev–Trinajstić information content (AvgIpc) is 2.72. The number of rotatable bonds is 10. The number of allylic oxidation sites excluding steroid dienone is 1. The highest BCUT2D eigenvalue weighted by molar-refractivity contribution is 6.08. The van der Waals surface area contributed by atoms with Crippen molar-refractivity contribution in [2.24, 2.45) is 0 Å². The molecule has 8 heteroatoms. The molecule has 6 nitrogen and oxygen atoms in total. The number of likely N-dealkylation sites (N-methyl/N-ethyl adjacent to an activating group) is 1. The standard InChI is InChI=1S/C23H25F2NO5/c1-5-29-21-13-16(8-11-20(21)30-14-22(28)26(3)4)7-9-18(27)17-12-15(2)6-10-19(17)31-23(24)25/h6-13,23H,5,14H2,1-4H3. The average molecular weight is 433 g/mol. The van der Waals surface area contributed by atoms with Gasteiger partial charge in [-0.2, -0.15) is 8.78 Å². The Bertz CT molecular complexity index is 957. The molecule has 0 heterocycles. The number of aryl methyl sites for hydroxylation is 1. The van der Waals surface area contributed by atoms with E-state index in [1.165, 1.54) is 29.2 Å². The number of hydrogen-bond donors (Lipinski definition) is 0. The predicted octanol–water partition coefficient (Wildman–Crippen LogP) is 4.36. The van der Waals surface area contributed by atoms with Gasteiger partial charge in [-0.25, -0.2) is 0 Å². The fraction of sp³-hybridized carbons (Fsp3) is 0.304. The van der Waals surface area contributed by atoms with Crippen LogP contribution < -0.4 is 14.2 Å². The van der Waals surface area contributed by atoms with Gasteiger partial charge in [-0.05, 0) is 49.8 Å². The topological polar surface area (TPSA) is 65.1 Å². The SMILES string of the molecule is CCOc1cc(C=CC(=O)c2cc(C)ccc2OC(F)F)ccc1OCC(=O)N(C)C. The third-order valence-corrected chi connectivity index (χ3v) is 4.16. The first-order valence-electron chi connectivity index (χ1n) is 9.59. The maximum atomic E-state index is 12.6. The first-order chi connectivity index (χ1) is 14.7. The van der Waals surface area contributed by atoms with Gasteiger partial charge in [0, 0.05) is 14.1 Å². The van der Waals surface area contributed by atoms with E-state index in [0.29, 0.717) is 23.7 Å². The molecule has 0 N–H and O–H groups in total. The van der Waals surface area contributed by atoms with Crippen LogP contribution in [0.2, 0.25) is 0 Å². The molecule has 0 aliphatic carbocycles. The lowest BCUT2D eigenvalue weighted by Gasteiger charge is -2.14. The van der Waals surface area contributed by atoms with Crippen LogP contribution in [0.5, 0.6) is 17.2 Å². The van der Waals surface area contributed by atoms with E-state index in [4.69, 9.17) is 9.47 Å². The van der Waals surface area contributed by atoms with E-state index < -0.39 is 12.4 Å². The minimum absolute atomic E-state index is 0.0451. The Kier molecular flexibility index (Phi) is 8.54. The summed E-state index contributed by atoms with van der Waals surface area (Å²) in [6.45, 7) is 0.769. The highest BCUT2D eigenvalue weighted by Gasteiger charge is 2.15. The number of amides is 1. The molecule has 0 bridgehead atoms. The maximum absolute atomic E-state index is 12.6. The van der Waals surface area contributed by atoms with Crippen molar-refractivity contribution < 1.29 is 32.6 Å². The van der Waals surface area contributed by atoms with Crippen LogP contribution in [0.3, 0.4) is 0 Å². The molecule has 2 aromatic carbocycles. The van der Waals surface area contributed by atoms with Gasteiger partial charge in [-0.15, -0.1) is 0 Å². The lowest BCUT2D eigenvalue weighted by Crippen LogP contribution is -2.27. The van der Waals surface area contributed by atoms with Gasteiger partial charge in [0.2, 0.25) is 0 Å². The highest BCUT2D eigenvalue weighted by atomic mass is 19.3. The number of halogens is 2. The largest absolute Gasteiger partial charge is 0.490 e. The molecule has 31 heavy (non-hydrogen) atoms. The molecule has 0 atom stereocenters. The summed E-state index contributed by atoms with van der Waals surface area (Å²) in [5.74, 6) is -0.0430. The fourth-order valence-corrected chi connectivity index (χ4v) is 2.58. The molecule has 0 aliphatic rings. The monoisotopic (exact) mass is 433 g/mol. The molecule has 166 valence electrons. The zero-order valence-corrected chi connectivity index (χ0v) is 17.9. The van der Waals surface area contributed by atoms with Gasteiger partial charge in [0.25, 0.3) is 5.91 Å². The normalized spacial score (nSPS) is 10.9. The number of ketones is 1. The molecule has 0 fully saturated rings. The Labute approximate surface area is 180 Å². The van der Waals surface area contributed by atoms with Crippen LogP contribution in [0, 0.1) is 6.92 Å². The third-order valence-electron chi connectivity index (χ3n) is 4.16. The zero-order valence-electron chi connectivity index (χ0n) is 17.9. The highest BCUT2D eigenvalue weighted by Crippen LogP contribution is 2.29. The van der Waals surface area contributed by atoms with Gasteiger partial charge in [-0.1, -0.05) is 23.8 Å². The van der Waals surface area contributed by atoms with Crippen molar-refractivity contribution in [1.29, 1.82) is 0 Å². The lowest BCUT2D eigenvalue weighted by molar-refractivity contribution is -0.130. The molecule has 2 aromatic rings. The van der Waals surface area contributed by atoms with E-state index in [1.54, 1.807) is 45.3 Å². The van der Waals surface area contributed by atoms with Crippen LogP contribution in [0.1, 0.15) is 28.4 Å². The minimum atomic E-state index is -3.03. The van der Waals surface area contributed by atoms with Crippen LogP contribution >= 0.6 is 0 Å². The zero-order chi connectivity index (χ0) is 23.0. The molecule has 0 unspecified atom stereocenters. The second-order valence-corrected chi connectivity index (χ2v) is 6.79. The molecular weight excluding hydrogens is 408 g/mol. The van der Waals surface area contributed by atoms with E-state index in [-0.39, 0.29) is 23.8 Å². The van der Waals surface area contributed by atoms with Gasteiger partial charge >= 0.3 is 6.61 Å². The first kappa shape index (κ1) is 23.9. The third kappa shape index (κ3) is 7.09. The first-order valence-corrected chi connectivity index (χ1v) is 9.59.